The zero-order chi connectivity index (χ0) is 76.5. The van der Waals surface area contributed by atoms with Gasteiger partial charge in [0.1, 0.15) is 0 Å². The molecule has 0 spiro atoms. The summed E-state index contributed by atoms with van der Waals surface area (Å²) in [5.41, 5.74) is 0. The first-order valence-electron chi connectivity index (χ1n) is 44.8. The van der Waals surface area contributed by atoms with Gasteiger partial charge in [-0.25, -0.2) is 0 Å². The molecule has 0 aliphatic rings. The number of allylic oxidation sites excluding steroid dienone is 8. The van der Waals surface area contributed by atoms with Crippen LogP contribution in [0.25, 0.3) is 0 Å². The summed E-state index contributed by atoms with van der Waals surface area (Å²) in [6.45, 7) is 10.6. The third-order valence-electron chi connectivity index (χ3n) is 19.0. The van der Waals surface area contributed by atoms with E-state index in [1.54, 1.807) is 0 Å². The summed E-state index contributed by atoms with van der Waals surface area (Å²) in [6, 6.07) is 0. The van der Waals surface area contributed by atoms with Gasteiger partial charge < -0.3 is 69.5 Å². The molecule has 0 aromatic heterocycles. The molecule has 0 atom stereocenters. The second-order valence-corrected chi connectivity index (χ2v) is 30.9. The summed E-state index contributed by atoms with van der Waals surface area (Å²) in [5, 5.41) is 0. The summed E-state index contributed by atoms with van der Waals surface area (Å²) in [4.78, 5) is 45.2. The average Bonchev–Trinajstić information content (AvgIpc) is 2.78. The van der Waals surface area contributed by atoms with Gasteiger partial charge in [0.2, 0.25) is 0 Å². The second-order valence-electron chi connectivity index (χ2n) is 29.3. The smallest absolute Gasteiger partial charge is 0.789 e. The fraction of sp³-hybridized carbons (Fsp3) is 0.872. The Morgan fingerprint density at radius 1 is 0.202 bits per heavy atom. The Hall–Kier alpha value is 0.187. The molecule has 4 radical (unpaired) electrons. The number of hydrogen-bond donors (Lipinski definition) is 0. The molecule has 0 bridgehead atoms. The number of hydrogen-bond acceptors (Lipinski definition) is 12. The molecule has 0 amide bonds. The van der Waals surface area contributed by atoms with Crippen molar-refractivity contribution in [1.29, 1.82) is 0 Å². The van der Waals surface area contributed by atoms with Gasteiger partial charge >= 0.3 is 71.7 Å². The van der Waals surface area contributed by atoms with Gasteiger partial charge in [-0.3, -0.25) is 19.2 Å². The Morgan fingerprint density at radius 2 is 0.312 bits per heavy atom. The van der Waals surface area contributed by atoms with Crippen molar-refractivity contribution in [2.75, 3.05) is 49.4 Å². The first-order chi connectivity index (χ1) is 51.2. The van der Waals surface area contributed by atoms with Crippen LogP contribution in [0.15, 0.2) is 48.6 Å². The summed E-state index contributed by atoms with van der Waals surface area (Å²) in [5.74, 6) is 1.67. The number of carbonyl (C=O) groups is 4. The van der Waals surface area contributed by atoms with E-state index in [0.717, 1.165) is 51.4 Å². The minimum absolute atomic E-state index is 0. The molecule has 0 aromatic carbocycles. The number of esters is 4. The molecule has 109 heavy (non-hydrogen) atoms. The summed E-state index contributed by atoms with van der Waals surface area (Å²) < 4.78 is 19.9. The fourth-order valence-electron chi connectivity index (χ4n) is 12.4. The van der Waals surface area contributed by atoms with E-state index in [0.29, 0.717) is 75.1 Å². The quantitative estimate of drug-likeness (QED) is 0.0145. The standard InChI is InChI=1S/4C23H44O2S.2CH4.H2S.2Sn/c4*1-2-3-4-5-6-7-8-9-10-11-12-13-14-15-16-17-18-19-20-23(24)25-21-22-26;;;;;/h4*8-9,26H,2-7,10-22H2,1H3;2*1H4;1H2;;/q;;;;;;;2*+2/p-4/b4*9-8+;;;;;. The molecule has 8 nitrogen and oxygen atoms in total. The maximum atomic E-state index is 11.3. The van der Waals surface area contributed by atoms with Crippen LogP contribution in [-0.2, 0) is 88.6 Å². The predicted octanol–water partition coefficient (Wildman–Crippen LogP) is 29.8. The molecule has 0 rings (SSSR count). The normalized spacial score (nSPS) is 10.8. The Labute approximate surface area is 744 Å². The van der Waals surface area contributed by atoms with E-state index in [9.17, 15) is 19.2 Å². The van der Waals surface area contributed by atoms with Crippen molar-refractivity contribution < 1.29 is 38.1 Å². The maximum absolute atomic E-state index is 11.3. The molecular formula is C94H182O8S5Sn2. The summed E-state index contributed by atoms with van der Waals surface area (Å²) in [6.07, 6.45) is 105. The first kappa shape index (κ1) is 127. The van der Waals surface area contributed by atoms with Gasteiger partial charge in [-0.2, -0.15) is 13.5 Å². The van der Waals surface area contributed by atoms with Gasteiger partial charge in [0.25, 0.3) is 0 Å². The largest absolute Gasteiger partial charge is 2.00 e. The minimum atomic E-state index is -0.0830. The van der Waals surface area contributed by atoms with Crippen molar-refractivity contribution in [3.63, 3.8) is 0 Å². The Morgan fingerprint density at radius 3 is 0.431 bits per heavy atom. The van der Waals surface area contributed by atoms with Crippen molar-refractivity contribution >= 4 is 136 Å². The molecule has 0 aromatic rings. The van der Waals surface area contributed by atoms with E-state index < -0.39 is 0 Å². The van der Waals surface area contributed by atoms with Crippen LogP contribution in [0.2, 0.25) is 0 Å². The number of unbranched alkanes of at least 4 members (excludes halogenated alkanes) is 56. The van der Waals surface area contributed by atoms with Crippen LogP contribution >= 0.6 is 13.5 Å². The van der Waals surface area contributed by atoms with E-state index in [2.05, 4.69) is 76.3 Å². The Bertz CT molecular complexity index is 1530. The Kier molecular flexibility index (Phi) is 145. The third-order valence-corrected chi connectivity index (χ3v) is 19.6. The van der Waals surface area contributed by atoms with E-state index in [1.807, 2.05) is 0 Å². The van der Waals surface area contributed by atoms with Crippen LogP contribution in [0.1, 0.15) is 479 Å². The van der Waals surface area contributed by atoms with Crippen LogP contribution in [-0.4, -0.2) is 121 Å². The van der Waals surface area contributed by atoms with Crippen molar-refractivity contribution in [3.05, 3.63) is 48.6 Å². The summed E-state index contributed by atoms with van der Waals surface area (Å²) in [7, 11) is 0. The minimum Gasteiger partial charge on any atom is -0.789 e. The van der Waals surface area contributed by atoms with Gasteiger partial charge in [-0.1, -0.05) is 374 Å². The Balaban J connectivity index is -0.000000172. The molecule has 0 saturated heterocycles. The number of ether oxygens (including phenoxy) is 4. The molecule has 15 heteroatoms. The van der Waals surface area contributed by atoms with Crippen molar-refractivity contribution in [3.8, 4) is 0 Å². The van der Waals surface area contributed by atoms with Gasteiger partial charge in [-0.05, 0) is 128 Å². The molecule has 0 fully saturated rings. The summed E-state index contributed by atoms with van der Waals surface area (Å²) >= 11 is 19.0. The molecule has 0 unspecified atom stereocenters. The monoisotopic (exact) mass is 1840 g/mol. The van der Waals surface area contributed by atoms with Crippen LogP contribution < -0.4 is 0 Å². The number of carbonyl (C=O) groups excluding carboxylic acids is 4. The molecule has 0 heterocycles. The zero-order valence-electron chi connectivity index (χ0n) is 70.8. The zero-order valence-corrected chi connectivity index (χ0v) is 80.7. The van der Waals surface area contributed by atoms with Gasteiger partial charge in [0.05, 0.1) is 26.4 Å². The number of rotatable bonds is 80. The van der Waals surface area contributed by atoms with Crippen molar-refractivity contribution in [2.24, 2.45) is 0 Å². The van der Waals surface area contributed by atoms with Gasteiger partial charge in [-0.15, -0.1) is 23.0 Å². The van der Waals surface area contributed by atoms with Crippen LogP contribution in [0, 0.1) is 0 Å². The van der Waals surface area contributed by atoms with E-state index in [4.69, 9.17) is 69.5 Å². The predicted molar refractivity (Wildman–Crippen MR) is 501 cm³/mol. The van der Waals surface area contributed by atoms with Crippen molar-refractivity contribution in [1.82, 2.24) is 0 Å². The van der Waals surface area contributed by atoms with E-state index in [1.165, 1.54) is 360 Å². The first-order valence-corrected chi connectivity index (χ1v) is 47.1. The second kappa shape index (κ2) is 124. The van der Waals surface area contributed by atoms with Crippen LogP contribution in [0.3, 0.4) is 0 Å². The van der Waals surface area contributed by atoms with Gasteiger partial charge in [0, 0.05) is 25.7 Å². The fourth-order valence-corrected chi connectivity index (χ4v) is 12.7. The molecule has 0 aliphatic heterocycles. The van der Waals surface area contributed by atoms with E-state index >= 15 is 0 Å². The molecule has 0 aliphatic carbocycles. The maximum Gasteiger partial charge on any atom is 2.00 e. The SMILES string of the molecule is C.C.CCCCCCC/C=C/CCCCCCCCCCCC(=O)OCC[S-].CCCCCCC/C=C/CCCCCCCCCCCC(=O)OCC[S-].CCCCCCC/C=C/CCCCCCCCCCCC(=O)OCC[S-].CCCCCCC/C=C/CCCCCCCCCCCC(=O)OCC[S-].S.[Sn+2].[Sn+2]. The van der Waals surface area contributed by atoms with Crippen LogP contribution in [0.4, 0.5) is 0 Å². The van der Waals surface area contributed by atoms with Gasteiger partial charge in [0.15, 0.2) is 0 Å². The molecular weight excluding hydrogens is 1650 g/mol. The molecule has 0 N–H and O–H groups in total. The topological polar surface area (TPSA) is 105 Å². The average molecular weight is 1840 g/mol. The molecule has 0 saturated carbocycles. The van der Waals surface area contributed by atoms with E-state index in [-0.39, 0.29) is 100 Å². The van der Waals surface area contributed by atoms with Crippen LogP contribution in [0.5, 0.6) is 0 Å². The third kappa shape index (κ3) is 132. The molecule has 644 valence electrons. The van der Waals surface area contributed by atoms with Crippen molar-refractivity contribution in [2.45, 2.75) is 479 Å².